The number of rotatable bonds is 7. The minimum absolute atomic E-state index is 0.388. The van der Waals surface area contributed by atoms with Gasteiger partial charge in [-0.3, -0.25) is 4.79 Å². The third kappa shape index (κ3) is 5.47. The third-order valence-electron chi connectivity index (χ3n) is 5.46. The highest BCUT2D eigenvalue weighted by atomic mass is 32.2. The molecule has 0 saturated heterocycles. The Hall–Kier alpha value is -2.89. The minimum Gasteiger partial charge on any atom is -0.452 e. The van der Waals surface area contributed by atoms with Crippen LogP contribution in [0, 0.1) is 11.3 Å². The van der Waals surface area contributed by atoms with E-state index in [-0.39, 0.29) is 0 Å². The Balaban J connectivity index is 1.26. The summed E-state index contributed by atoms with van der Waals surface area (Å²) in [6.45, 7) is -0.391. The number of nitrogens with one attached hydrogen (secondary N) is 1. The molecule has 0 unspecified atom stereocenters. The molecule has 32 heavy (non-hydrogen) atoms. The van der Waals surface area contributed by atoms with E-state index in [1.165, 1.54) is 4.70 Å². The summed E-state index contributed by atoms with van der Waals surface area (Å²) >= 11 is 3.32. The molecule has 2 aromatic carbocycles. The number of nitriles is 1. The Kier molecular flexibility index (Phi) is 7.08. The molecule has 3 aromatic rings. The maximum Gasteiger partial charge on any atom is 0.338 e. The first kappa shape index (κ1) is 22.3. The maximum atomic E-state index is 12.3. The lowest BCUT2D eigenvalue weighted by Crippen LogP contribution is -2.50. The molecular formula is C24H23N3O3S2. The van der Waals surface area contributed by atoms with Crippen LogP contribution in [-0.2, 0) is 15.3 Å². The topological polar surface area (TPSA) is 92.1 Å². The molecule has 4 rings (SSSR count). The molecular weight excluding hydrogens is 442 g/mol. The molecule has 1 saturated carbocycles. The fourth-order valence-electron chi connectivity index (χ4n) is 3.73. The molecule has 0 radical (unpaired) electrons. The van der Waals surface area contributed by atoms with Crippen molar-refractivity contribution >= 4 is 45.2 Å². The van der Waals surface area contributed by atoms with Crippen molar-refractivity contribution in [2.24, 2.45) is 0 Å². The lowest BCUT2D eigenvalue weighted by Gasteiger charge is -2.31. The van der Waals surface area contributed by atoms with E-state index >= 15 is 0 Å². The van der Waals surface area contributed by atoms with Crippen molar-refractivity contribution in [1.82, 2.24) is 10.3 Å². The molecule has 0 spiro atoms. The number of hydrogen-bond acceptors (Lipinski definition) is 7. The van der Waals surface area contributed by atoms with E-state index in [1.54, 1.807) is 35.2 Å². The number of para-hydroxylation sites is 1. The normalized spacial score (nSPS) is 15.1. The van der Waals surface area contributed by atoms with E-state index in [2.05, 4.69) is 22.4 Å². The fourth-order valence-corrected chi connectivity index (χ4v) is 5.76. The zero-order valence-electron chi connectivity index (χ0n) is 17.5. The number of hydrogen-bond donors (Lipinski definition) is 1. The van der Waals surface area contributed by atoms with Crippen LogP contribution in [0.3, 0.4) is 0 Å². The first-order chi connectivity index (χ1) is 15.6. The Morgan fingerprint density at radius 3 is 2.59 bits per heavy atom. The molecule has 0 bridgehead atoms. The number of aromatic nitrogens is 1. The van der Waals surface area contributed by atoms with E-state index in [1.807, 2.05) is 30.3 Å². The molecule has 0 aliphatic heterocycles. The number of thioether (sulfide) groups is 1. The van der Waals surface area contributed by atoms with Gasteiger partial charge in [0.25, 0.3) is 5.91 Å². The Morgan fingerprint density at radius 1 is 1.12 bits per heavy atom. The van der Waals surface area contributed by atoms with Gasteiger partial charge in [0.15, 0.2) is 10.9 Å². The van der Waals surface area contributed by atoms with E-state index < -0.39 is 24.0 Å². The molecule has 1 aliphatic rings. The van der Waals surface area contributed by atoms with Crippen LogP contribution in [-0.4, -0.2) is 29.0 Å². The minimum atomic E-state index is -0.829. The number of benzene rings is 2. The predicted molar refractivity (Wildman–Crippen MR) is 125 cm³/mol. The summed E-state index contributed by atoms with van der Waals surface area (Å²) < 4.78 is 7.33. The SMILES string of the molecule is N#CC1(NC(=O)COC(=O)c2ccc(CSc3nc4ccccc4s3)cc2)CCCCC1. The second kappa shape index (κ2) is 10.2. The van der Waals surface area contributed by atoms with Crippen molar-refractivity contribution in [3.05, 3.63) is 59.7 Å². The molecule has 1 heterocycles. The highest BCUT2D eigenvalue weighted by Gasteiger charge is 2.33. The molecule has 164 valence electrons. The first-order valence-corrected chi connectivity index (χ1v) is 12.3. The Bertz CT molecular complexity index is 1110. The number of thiazole rings is 1. The quantitative estimate of drug-likeness (QED) is 0.386. The average Bonchev–Trinajstić information content (AvgIpc) is 3.25. The summed E-state index contributed by atoms with van der Waals surface area (Å²) in [4.78, 5) is 29.1. The van der Waals surface area contributed by atoms with Gasteiger partial charge in [0.1, 0.15) is 5.54 Å². The summed E-state index contributed by atoms with van der Waals surface area (Å²) in [7, 11) is 0. The second-order valence-electron chi connectivity index (χ2n) is 7.81. The second-order valence-corrected chi connectivity index (χ2v) is 10.1. The van der Waals surface area contributed by atoms with Gasteiger partial charge in [0, 0.05) is 5.75 Å². The van der Waals surface area contributed by atoms with Crippen LogP contribution in [0.15, 0.2) is 52.9 Å². The monoisotopic (exact) mass is 465 g/mol. The number of nitrogens with zero attached hydrogens (tertiary/aromatic N) is 2. The Labute approximate surface area is 195 Å². The third-order valence-corrected chi connectivity index (χ3v) is 7.71. The molecule has 1 amide bonds. The van der Waals surface area contributed by atoms with Crippen LogP contribution in [0.4, 0.5) is 0 Å². The number of ether oxygens (including phenoxy) is 1. The number of carbonyl (C=O) groups excluding carboxylic acids is 2. The molecule has 6 nitrogen and oxygen atoms in total. The maximum absolute atomic E-state index is 12.3. The van der Waals surface area contributed by atoms with Crippen LogP contribution in [0.1, 0.15) is 48.0 Å². The largest absolute Gasteiger partial charge is 0.452 e. The number of amides is 1. The highest BCUT2D eigenvalue weighted by Crippen LogP contribution is 2.31. The van der Waals surface area contributed by atoms with Gasteiger partial charge in [-0.15, -0.1) is 11.3 Å². The number of fused-ring (bicyclic) bond motifs is 1. The van der Waals surface area contributed by atoms with Crippen molar-refractivity contribution in [3.8, 4) is 6.07 Å². The van der Waals surface area contributed by atoms with Gasteiger partial charge in [-0.2, -0.15) is 5.26 Å². The van der Waals surface area contributed by atoms with Gasteiger partial charge in [0.2, 0.25) is 0 Å². The highest BCUT2D eigenvalue weighted by molar-refractivity contribution is 8.00. The molecule has 1 fully saturated rings. The van der Waals surface area contributed by atoms with E-state index in [9.17, 15) is 14.9 Å². The van der Waals surface area contributed by atoms with Gasteiger partial charge in [0.05, 0.1) is 21.8 Å². The van der Waals surface area contributed by atoms with Gasteiger partial charge < -0.3 is 10.1 Å². The van der Waals surface area contributed by atoms with Gasteiger partial charge in [-0.1, -0.05) is 55.3 Å². The standard InChI is InChI=1S/C24H23N3O3S2/c25-16-24(12-4-1-5-13-24)27-21(28)14-30-22(29)18-10-8-17(9-11-18)15-31-23-26-19-6-2-3-7-20(19)32-23/h2-3,6-11H,1,4-5,12-15H2,(H,27,28). The van der Waals surface area contributed by atoms with Crippen LogP contribution in [0.2, 0.25) is 0 Å². The van der Waals surface area contributed by atoms with Crippen LogP contribution >= 0.6 is 23.1 Å². The smallest absolute Gasteiger partial charge is 0.338 e. The zero-order valence-corrected chi connectivity index (χ0v) is 19.1. The summed E-state index contributed by atoms with van der Waals surface area (Å²) in [5, 5.41) is 12.2. The average molecular weight is 466 g/mol. The lowest BCUT2D eigenvalue weighted by atomic mass is 9.83. The van der Waals surface area contributed by atoms with Crippen LogP contribution in [0.5, 0.6) is 0 Å². The molecule has 8 heteroatoms. The molecule has 0 atom stereocenters. The zero-order chi connectivity index (χ0) is 22.4. The van der Waals surface area contributed by atoms with E-state index in [0.717, 1.165) is 40.4 Å². The summed E-state index contributed by atoms with van der Waals surface area (Å²) in [5.41, 5.74) is 1.63. The first-order valence-electron chi connectivity index (χ1n) is 10.5. The summed E-state index contributed by atoms with van der Waals surface area (Å²) in [6.07, 6.45) is 4.18. The molecule has 1 aromatic heterocycles. The number of carbonyl (C=O) groups is 2. The van der Waals surface area contributed by atoms with Gasteiger partial charge in [-0.25, -0.2) is 9.78 Å². The fraction of sp³-hybridized carbons (Fsp3) is 0.333. The van der Waals surface area contributed by atoms with Crippen molar-refractivity contribution in [1.29, 1.82) is 5.26 Å². The van der Waals surface area contributed by atoms with Crippen molar-refractivity contribution in [2.45, 2.75) is 47.7 Å². The van der Waals surface area contributed by atoms with Crippen molar-refractivity contribution in [3.63, 3.8) is 0 Å². The van der Waals surface area contributed by atoms with Gasteiger partial charge >= 0.3 is 5.97 Å². The van der Waals surface area contributed by atoms with Crippen LogP contribution in [0.25, 0.3) is 10.2 Å². The van der Waals surface area contributed by atoms with Gasteiger partial charge in [-0.05, 0) is 42.7 Å². The van der Waals surface area contributed by atoms with Crippen LogP contribution < -0.4 is 5.32 Å². The van der Waals surface area contributed by atoms with Crippen molar-refractivity contribution in [2.75, 3.05) is 6.61 Å². The molecule has 1 N–H and O–H groups in total. The van der Waals surface area contributed by atoms with Crippen molar-refractivity contribution < 1.29 is 14.3 Å². The lowest BCUT2D eigenvalue weighted by molar-refractivity contribution is -0.125. The Morgan fingerprint density at radius 2 is 1.88 bits per heavy atom. The predicted octanol–water partition coefficient (Wildman–Crippen LogP) is 5.09. The molecule has 1 aliphatic carbocycles. The number of esters is 1. The summed E-state index contributed by atoms with van der Waals surface area (Å²) in [5.74, 6) is -0.251. The van der Waals surface area contributed by atoms with E-state index in [0.29, 0.717) is 18.4 Å². The summed E-state index contributed by atoms with van der Waals surface area (Å²) in [6, 6.07) is 17.4. The van der Waals surface area contributed by atoms with E-state index in [4.69, 9.17) is 4.74 Å².